The average Bonchev–Trinajstić information content (AvgIpc) is 2.80. The fraction of sp³-hybridized carbons (Fsp3) is 0.286. The van der Waals surface area contributed by atoms with Crippen LogP contribution in [0.15, 0.2) is 37.9 Å². The van der Waals surface area contributed by atoms with E-state index in [1.807, 2.05) is 13.1 Å². The third-order valence-electron chi connectivity index (χ3n) is 3.14. The molecule has 0 amide bonds. The number of nitrogens with zero attached hydrogens (tertiary/aromatic N) is 1. The van der Waals surface area contributed by atoms with Crippen LogP contribution in [0.5, 0.6) is 0 Å². The molecule has 0 saturated heterocycles. The van der Waals surface area contributed by atoms with Crippen LogP contribution in [0, 0.1) is 5.82 Å². The van der Waals surface area contributed by atoms with E-state index in [1.165, 1.54) is 5.56 Å². The van der Waals surface area contributed by atoms with Gasteiger partial charge in [-0.3, -0.25) is 4.90 Å². The smallest absolute Gasteiger partial charge is 0.137 e. The van der Waals surface area contributed by atoms with Crippen molar-refractivity contribution in [2.75, 3.05) is 13.6 Å². The second-order valence-electron chi connectivity index (χ2n) is 4.60. The van der Waals surface area contributed by atoms with Crippen LogP contribution in [-0.4, -0.2) is 18.5 Å². The largest absolute Gasteiger partial charge is 0.329 e. The standard InChI is InChI=1S/C14H15Br2FN2S/c1-19(7-9-4-14(16)20-8-9)13(6-18)10-2-3-11(15)12(17)5-10/h2-5,8,13H,6-7,18H2,1H3. The SMILES string of the molecule is CN(Cc1csc(Br)c1)C(CN)c1ccc(Br)c(F)c1. The van der Waals surface area contributed by atoms with Crippen molar-refractivity contribution < 1.29 is 4.39 Å². The summed E-state index contributed by atoms with van der Waals surface area (Å²) < 4.78 is 15.2. The molecule has 108 valence electrons. The molecule has 1 aromatic heterocycles. The second kappa shape index (κ2) is 7.13. The number of halogens is 3. The van der Waals surface area contributed by atoms with Gasteiger partial charge >= 0.3 is 0 Å². The molecule has 2 aromatic rings. The molecule has 0 aliphatic rings. The van der Waals surface area contributed by atoms with Gasteiger partial charge in [0.1, 0.15) is 5.82 Å². The monoisotopic (exact) mass is 420 g/mol. The Morgan fingerprint density at radius 1 is 1.35 bits per heavy atom. The summed E-state index contributed by atoms with van der Waals surface area (Å²) in [6.45, 7) is 1.23. The van der Waals surface area contributed by atoms with Gasteiger partial charge in [-0.1, -0.05) is 6.07 Å². The van der Waals surface area contributed by atoms with E-state index in [1.54, 1.807) is 23.5 Å². The minimum Gasteiger partial charge on any atom is -0.329 e. The number of nitrogens with two attached hydrogens (primary N) is 1. The molecule has 0 saturated carbocycles. The molecular formula is C14H15Br2FN2S. The van der Waals surface area contributed by atoms with Crippen LogP contribution in [-0.2, 0) is 6.54 Å². The number of benzene rings is 1. The zero-order chi connectivity index (χ0) is 14.7. The first-order chi connectivity index (χ1) is 9.51. The van der Waals surface area contributed by atoms with Crippen LogP contribution in [0.1, 0.15) is 17.2 Å². The minimum absolute atomic E-state index is 0.00345. The van der Waals surface area contributed by atoms with Crippen LogP contribution in [0.3, 0.4) is 0 Å². The third kappa shape index (κ3) is 3.89. The molecule has 1 aromatic carbocycles. The first-order valence-corrected chi connectivity index (χ1v) is 8.56. The van der Waals surface area contributed by atoms with E-state index < -0.39 is 0 Å². The molecule has 0 bridgehead atoms. The highest BCUT2D eigenvalue weighted by Crippen LogP contribution is 2.27. The van der Waals surface area contributed by atoms with Crippen molar-refractivity contribution in [1.29, 1.82) is 0 Å². The zero-order valence-corrected chi connectivity index (χ0v) is 14.9. The predicted molar refractivity (Wildman–Crippen MR) is 89.4 cm³/mol. The van der Waals surface area contributed by atoms with Crippen LogP contribution >= 0.6 is 43.2 Å². The lowest BCUT2D eigenvalue weighted by Gasteiger charge is -2.27. The first kappa shape index (κ1) is 16.1. The van der Waals surface area contributed by atoms with Gasteiger partial charge in [-0.05, 0) is 73.6 Å². The molecule has 0 aliphatic carbocycles. The molecule has 0 aliphatic heterocycles. The number of hydrogen-bond acceptors (Lipinski definition) is 3. The summed E-state index contributed by atoms with van der Waals surface area (Å²) in [4.78, 5) is 2.14. The second-order valence-corrected chi connectivity index (χ2v) is 7.74. The van der Waals surface area contributed by atoms with Crippen LogP contribution in [0.25, 0.3) is 0 Å². The van der Waals surface area contributed by atoms with Gasteiger partial charge in [-0.25, -0.2) is 4.39 Å². The van der Waals surface area contributed by atoms with E-state index in [0.717, 1.165) is 15.9 Å². The van der Waals surface area contributed by atoms with Crippen LogP contribution in [0.2, 0.25) is 0 Å². The molecule has 1 atom stereocenters. The van der Waals surface area contributed by atoms with Gasteiger partial charge in [0.25, 0.3) is 0 Å². The Morgan fingerprint density at radius 3 is 2.65 bits per heavy atom. The third-order valence-corrected chi connectivity index (χ3v) is 5.33. The average molecular weight is 422 g/mol. The topological polar surface area (TPSA) is 29.3 Å². The predicted octanol–water partition coefficient (Wildman–Crippen LogP) is 4.54. The molecule has 2 rings (SSSR count). The molecular weight excluding hydrogens is 407 g/mol. The fourth-order valence-electron chi connectivity index (χ4n) is 2.12. The van der Waals surface area contributed by atoms with Crippen molar-refractivity contribution in [3.8, 4) is 0 Å². The summed E-state index contributed by atoms with van der Waals surface area (Å²) >= 11 is 8.29. The number of likely N-dealkylation sites (N-methyl/N-ethyl adjacent to an activating group) is 1. The van der Waals surface area contributed by atoms with E-state index >= 15 is 0 Å². The van der Waals surface area contributed by atoms with Crippen LogP contribution in [0.4, 0.5) is 4.39 Å². The van der Waals surface area contributed by atoms with Gasteiger partial charge in [0.05, 0.1) is 8.26 Å². The van der Waals surface area contributed by atoms with Crippen molar-refractivity contribution in [2.45, 2.75) is 12.6 Å². The number of hydrogen-bond donors (Lipinski definition) is 1. The number of rotatable bonds is 5. The Labute approximate surface area is 139 Å². The van der Waals surface area contributed by atoms with E-state index in [4.69, 9.17) is 5.73 Å². The Bertz CT molecular complexity index is 588. The van der Waals surface area contributed by atoms with E-state index in [0.29, 0.717) is 11.0 Å². The van der Waals surface area contributed by atoms with Gasteiger partial charge in [0, 0.05) is 19.1 Å². The van der Waals surface area contributed by atoms with Gasteiger partial charge in [-0.2, -0.15) is 0 Å². The lowest BCUT2D eigenvalue weighted by molar-refractivity contribution is 0.241. The highest BCUT2D eigenvalue weighted by atomic mass is 79.9. The molecule has 1 unspecified atom stereocenters. The maximum absolute atomic E-state index is 13.7. The van der Waals surface area contributed by atoms with Crippen molar-refractivity contribution in [3.05, 3.63) is 54.8 Å². The van der Waals surface area contributed by atoms with Gasteiger partial charge in [-0.15, -0.1) is 11.3 Å². The van der Waals surface area contributed by atoms with Gasteiger partial charge in [0.2, 0.25) is 0 Å². The van der Waals surface area contributed by atoms with E-state index in [-0.39, 0.29) is 11.9 Å². The van der Waals surface area contributed by atoms with Gasteiger partial charge < -0.3 is 5.73 Å². The quantitative estimate of drug-likeness (QED) is 0.767. The van der Waals surface area contributed by atoms with Crippen LogP contribution < -0.4 is 5.73 Å². The maximum Gasteiger partial charge on any atom is 0.137 e. The molecule has 6 heteroatoms. The highest BCUT2D eigenvalue weighted by molar-refractivity contribution is 9.11. The van der Waals surface area contributed by atoms with E-state index in [2.05, 4.69) is 48.2 Å². The molecule has 0 radical (unpaired) electrons. The maximum atomic E-state index is 13.7. The summed E-state index contributed by atoms with van der Waals surface area (Å²) in [5.41, 5.74) is 7.99. The Hall–Kier alpha value is -0.270. The normalized spacial score (nSPS) is 12.9. The van der Waals surface area contributed by atoms with Crippen molar-refractivity contribution >= 4 is 43.2 Å². The molecule has 20 heavy (non-hydrogen) atoms. The molecule has 0 fully saturated rings. The molecule has 1 heterocycles. The highest BCUT2D eigenvalue weighted by Gasteiger charge is 2.17. The lowest BCUT2D eigenvalue weighted by atomic mass is 10.1. The number of thiophene rings is 1. The molecule has 0 spiro atoms. The molecule has 2 nitrogen and oxygen atoms in total. The van der Waals surface area contributed by atoms with Crippen molar-refractivity contribution in [3.63, 3.8) is 0 Å². The molecule has 2 N–H and O–H groups in total. The summed E-state index contributed by atoms with van der Waals surface area (Å²) in [6.07, 6.45) is 0. The summed E-state index contributed by atoms with van der Waals surface area (Å²) in [6, 6.07) is 7.27. The Balaban J connectivity index is 2.16. The first-order valence-electron chi connectivity index (χ1n) is 6.09. The minimum atomic E-state index is -0.257. The summed E-state index contributed by atoms with van der Waals surface area (Å²) in [7, 11) is 2.00. The summed E-state index contributed by atoms with van der Waals surface area (Å²) in [5, 5.41) is 2.11. The van der Waals surface area contributed by atoms with Crippen molar-refractivity contribution in [1.82, 2.24) is 4.90 Å². The summed E-state index contributed by atoms with van der Waals surface area (Å²) in [5.74, 6) is -0.257. The Kier molecular flexibility index (Phi) is 5.74. The lowest BCUT2D eigenvalue weighted by Crippen LogP contribution is -2.30. The van der Waals surface area contributed by atoms with Gasteiger partial charge in [0.15, 0.2) is 0 Å². The van der Waals surface area contributed by atoms with E-state index in [9.17, 15) is 4.39 Å². The Morgan fingerprint density at radius 2 is 2.10 bits per heavy atom. The fourth-order valence-corrected chi connectivity index (χ4v) is 3.56. The zero-order valence-electron chi connectivity index (χ0n) is 10.9. The van der Waals surface area contributed by atoms with Crippen molar-refractivity contribution in [2.24, 2.45) is 5.73 Å².